The summed E-state index contributed by atoms with van der Waals surface area (Å²) >= 11 is 12.1. The van der Waals surface area contributed by atoms with Crippen LogP contribution in [0.15, 0.2) is 59.6 Å². The van der Waals surface area contributed by atoms with Crippen molar-refractivity contribution >= 4 is 51.7 Å². The van der Waals surface area contributed by atoms with Gasteiger partial charge < -0.3 is 4.74 Å². The van der Waals surface area contributed by atoms with E-state index in [0.29, 0.717) is 44.7 Å². The van der Waals surface area contributed by atoms with Gasteiger partial charge in [0, 0.05) is 36.9 Å². The van der Waals surface area contributed by atoms with E-state index in [4.69, 9.17) is 27.9 Å². The van der Waals surface area contributed by atoms with E-state index in [9.17, 15) is 9.00 Å². The maximum atomic E-state index is 13.2. The van der Waals surface area contributed by atoms with Gasteiger partial charge in [-0.3, -0.25) is 9.10 Å². The molecule has 5 nitrogen and oxygen atoms in total. The van der Waals surface area contributed by atoms with Gasteiger partial charge in [0.2, 0.25) is 11.7 Å². The molecule has 3 aromatic rings. The molecule has 0 radical (unpaired) electrons. The van der Waals surface area contributed by atoms with E-state index in [0.717, 1.165) is 5.56 Å². The Morgan fingerprint density at radius 2 is 1.94 bits per heavy atom. The number of anilines is 1. The van der Waals surface area contributed by atoms with Gasteiger partial charge in [-0.05, 0) is 53.6 Å². The lowest BCUT2D eigenvalue weighted by atomic mass is 10.0. The molecule has 8 heteroatoms. The number of fused-ring (bicyclic) bond motifs is 1. The molecule has 166 valence electrons. The Hall–Kier alpha value is -3.11. The van der Waals surface area contributed by atoms with Gasteiger partial charge in [0.05, 0.1) is 22.8 Å². The number of rotatable bonds is 3. The van der Waals surface area contributed by atoms with Gasteiger partial charge >= 0.3 is 0 Å². The van der Waals surface area contributed by atoms with E-state index in [1.807, 2.05) is 18.2 Å². The smallest absolute Gasteiger partial charge is 0.213 e. The van der Waals surface area contributed by atoms with Gasteiger partial charge in [-0.2, -0.15) is 0 Å². The molecule has 0 spiro atoms. The molecule has 1 unspecified atom stereocenters. The Labute approximate surface area is 204 Å². The number of hydrogen-bond donors (Lipinski definition) is 0. The first-order valence-corrected chi connectivity index (χ1v) is 11.7. The maximum Gasteiger partial charge on any atom is 0.213 e. The van der Waals surface area contributed by atoms with E-state index < -0.39 is 11.0 Å². The predicted molar refractivity (Wildman–Crippen MR) is 133 cm³/mol. The number of pyridine rings is 1. The number of benzene rings is 2. The molecule has 0 bridgehead atoms. The molecule has 0 saturated carbocycles. The van der Waals surface area contributed by atoms with Crippen molar-refractivity contribution in [1.29, 1.82) is 0 Å². The van der Waals surface area contributed by atoms with Crippen LogP contribution in [-0.4, -0.2) is 29.1 Å². The third-order valence-electron chi connectivity index (χ3n) is 5.02. The van der Waals surface area contributed by atoms with Crippen molar-refractivity contribution < 1.29 is 13.7 Å². The quantitative estimate of drug-likeness (QED) is 0.363. The number of Topliss-reactive ketones (excluding diaryl/α,β-unsaturated/α-hetero) is 1. The highest BCUT2D eigenvalue weighted by molar-refractivity contribution is 7.91. The summed E-state index contributed by atoms with van der Waals surface area (Å²) in [4.78, 5) is 17.5. The summed E-state index contributed by atoms with van der Waals surface area (Å²) in [5.41, 5.74) is 3.35. The fourth-order valence-electron chi connectivity index (χ4n) is 3.31. The van der Waals surface area contributed by atoms with Crippen molar-refractivity contribution in [2.75, 3.05) is 18.5 Å². The van der Waals surface area contributed by atoms with Crippen molar-refractivity contribution in [3.8, 4) is 17.7 Å². The minimum absolute atomic E-state index is 0.164. The molecule has 1 atom stereocenters. The Bertz CT molecular complexity index is 1380. The molecule has 0 saturated heterocycles. The van der Waals surface area contributed by atoms with E-state index in [2.05, 4.69) is 16.8 Å². The number of halogens is 2. The van der Waals surface area contributed by atoms with E-state index in [-0.39, 0.29) is 10.7 Å². The molecule has 0 amide bonds. The Morgan fingerprint density at radius 1 is 1.12 bits per heavy atom. The van der Waals surface area contributed by atoms with Gasteiger partial charge in [-0.1, -0.05) is 41.1 Å². The minimum atomic E-state index is -1.65. The average Bonchev–Trinajstić information content (AvgIpc) is 2.82. The molecule has 33 heavy (non-hydrogen) atoms. The Balaban J connectivity index is 1.64. The highest BCUT2D eigenvalue weighted by Crippen LogP contribution is 2.34. The SMILES string of the molecule is COc1cc(CC#Cc2ccc3c(c2)C(=O)/C(=C/c2ccc(Cl)c(Cl)c2)S(=O)N3C)ccn1. The Kier molecular flexibility index (Phi) is 6.85. The van der Waals surface area contributed by atoms with Crippen molar-refractivity contribution in [3.05, 3.63) is 91.9 Å². The van der Waals surface area contributed by atoms with E-state index >= 15 is 0 Å². The number of carbonyl (C=O) groups excluding carboxylic acids is 1. The normalized spacial score (nSPS) is 16.2. The maximum absolute atomic E-state index is 13.2. The van der Waals surface area contributed by atoms with Gasteiger partial charge in [0.15, 0.2) is 11.0 Å². The lowest BCUT2D eigenvalue weighted by molar-refractivity contribution is 0.104. The van der Waals surface area contributed by atoms with Gasteiger partial charge in [0.1, 0.15) is 4.91 Å². The van der Waals surface area contributed by atoms with Crippen molar-refractivity contribution in [2.45, 2.75) is 6.42 Å². The molecular formula is C25H18Cl2N2O3S. The third kappa shape index (κ3) is 4.96. The van der Waals surface area contributed by atoms with Crippen LogP contribution in [-0.2, 0) is 17.4 Å². The minimum Gasteiger partial charge on any atom is -0.481 e. The van der Waals surface area contributed by atoms with Crippen LogP contribution >= 0.6 is 23.2 Å². The number of ether oxygens (including phenoxy) is 1. The number of carbonyl (C=O) groups is 1. The summed E-state index contributed by atoms with van der Waals surface area (Å²) in [6, 6.07) is 14.0. The molecule has 0 fully saturated rings. The van der Waals surface area contributed by atoms with Crippen LogP contribution < -0.4 is 9.04 Å². The molecule has 0 aliphatic carbocycles. The molecule has 4 rings (SSSR count). The Morgan fingerprint density at radius 3 is 2.70 bits per heavy atom. The topological polar surface area (TPSA) is 59.5 Å². The second-order valence-corrected chi connectivity index (χ2v) is 9.48. The van der Waals surface area contributed by atoms with E-state index in [1.165, 1.54) is 0 Å². The molecule has 2 aromatic carbocycles. The second-order valence-electron chi connectivity index (χ2n) is 7.17. The summed E-state index contributed by atoms with van der Waals surface area (Å²) in [7, 11) is 1.60. The standard InChI is InChI=1S/C25H18Cl2N2O3S/c1-29-22-9-7-16(4-3-5-17-10-11-28-24(15-17)32-2)12-19(22)25(30)23(33(29)31)14-18-6-8-20(26)21(27)13-18/h6-15H,5H2,1-2H3/b23-14-. The van der Waals surface area contributed by atoms with E-state index in [1.54, 1.807) is 61.1 Å². The number of allylic oxidation sites excluding steroid dienone is 1. The fraction of sp³-hybridized carbons (Fsp3) is 0.120. The number of hydrogen-bond acceptors (Lipinski definition) is 4. The van der Waals surface area contributed by atoms with Crippen LogP contribution in [0.25, 0.3) is 6.08 Å². The summed E-state index contributed by atoms with van der Waals surface area (Å²) in [6.07, 6.45) is 3.76. The van der Waals surface area contributed by atoms with Crippen molar-refractivity contribution in [1.82, 2.24) is 4.98 Å². The molecule has 2 heterocycles. The first kappa shape index (κ1) is 23.1. The summed E-state index contributed by atoms with van der Waals surface area (Å²) in [5.74, 6) is 6.43. The van der Waals surface area contributed by atoms with Crippen molar-refractivity contribution in [3.63, 3.8) is 0 Å². The van der Waals surface area contributed by atoms with Crippen molar-refractivity contribution in [2.24, 2.45) is 0 Å². The monoisotopic (exact) mass is 496 g/mol. The van der Waals surface area contributed by atoms with Crippen LogP contribution in [0.5, 0.6) is 5.88 Å². The molecule has 0 N–H and O–H groups in total. The molecule has 1 aliphatic heterocycles. The van der Waals surface area contributed by atoms with Gasteiger partial charge in [-0.25, -0.2) is 9.19 Å². The van der Waals surface area contributed by atoms with Crippen LogP contribution in [0.1, 0.15) is 27.0 Å². The first-order valence-electron chi connectivity index (χ1n) is 9.86. The number of ketones is 1. The fourth-order valence-corrected chi connectivity index (χ4v) is 4.75. The van der Waals surface area contributed by atoms with Crippen LogP contribution in [0.2, 0.25) is 10.0 Å². The van der Waals surface area contributed by atoms with Crippen LogP contribution in [0, 0.1) is 11.8 Å². The zero-order valence-electron chi connectivity index (χ0n) is 17.8. The number of methoxy groups -OCH3 is 1. The summed E-state index contributed by atoms with van der Waals surface area (Å²) in [5, 5.41) is 0.768. The summed E-state index contributed by atoms with van der Waals surface area (Å²) < 4.78 is 19.7. The van der Waals surface area contributed by atoms with Crippen LogP contribution in [0.3, 0.4) is 0 Å². The number of nitrogens with zero attached hydrogens (tertiary/aromatic N) is 2. The predicted octanol–water partition coefficient (Wildman–Crippen LogP) is 5.33. The zero-order valence-corrected chi connectivity index (χ0v) is 20.1. The third-order valence-corrected chi connectivity index (χ3v) is 7.13. The highest BCUT2D eigenvalue weighted by Gasteiger charge is 2.32. The second kappa shape index (κ2) is 9.80. The van der Waals surface area contributed by atoms with Gasteiger partial charge in [-0.15, -0.1) is 0 Å². The largest absolute Gasteiger partial charge is 0.481 e. The molecule has 1 aromatic heterocycles. The molecule has 1 aliphatic rings. The lowest BCUT2D eigenvalue weighted by Crippen LogP contribution is -2.31. The van der Waals surface area contributed by atoms with Gasteiger partial charge in [0.25, 0.3) is 0 Å². The zero-order chi connectivity index (χ0) is 23.5. The molecular weight excluding hydrogens is 479 g/mol. The number of aromatic nitrogens is 1. The summed E-state index contributed by atoms with van der Waals surface area (Å²) in [6.45, 7) is 0. The lowest BCUT2D eigenvalue weighted by Gasteiger charge is -2.27. The average molecular weight is 497 g/mol. The van der Waals surface area contributed by atoms with Crippen LogP contribution in [0.4, 0.5) is 5.69 Å². The first-order chi connectivity index (χ1) is 15.9. The highest BCUT2D eigenvalue weighted by atomic mass is 35.5.